The molecule has 0 saturated carbocycles. The molecule has 0 aliphatic carbocycles. The zero-order chi connectivity index (χ0) is 19.6. The first-order valence-corrected chi connectivity index (χ1v) is 8.81. The molecule has 0 atom stereocenters. The van der Waals surface area contributed by atoms with Crippen LogP contribution in [0.15, 0.2) is 59.2 Å². The minimum Gasteiger partial charge on any atom is -0.340 e. The molecule has 0 saturated heterocycles. The second-order valence-corrected chi connectivity index (χ2v) is 6.82. The molecule has 3 aromatic rings. The Kier molecular flexibility index (Phi) is 5.36. The number of para-hydroxylation sites is 1. The number of nitrogens with one attached hydrogen (secondary N) is 1. The monoisotopic (exact) mass is 436 g/mol. The van der Waals surface area contributed by atoms with Crippen molar-refractivity contribution in [3.63, 3.8) is 0 Å². The summed E-state index contributed by atoms with van der Waals surface area (Å²) < 4.78 is 41.0. The van der Waals surface area contributed by atoms with Crippen molar-refractivity contribution < 1.29 is 13.2 Å². The SMILES string of the molecule is Cc1ccccc1N(C)c1ncc(C(F)(F)F)c(Nc2ccc(Br)cc2)n1. The van der Waals surface area contributed by atoms with Crippen LogP contribution in [-0.2, 0) is 6.18 Å². The zero-order valence-corrected chi connectivity index (χ0v) is 16.1. The number of aromatic nitrogens is 2. The Morgan fingerprint density at radius 3 is 2.33 bits per heavy atom. The lowest BCUT2D eigenvalue weighted by molar-refractivity contribution is -0.137. The first-order valence-electron chi connectivity index (χ1n) is 8.02. The predicted molar refractivity (Wildman–Crippen MR) is 104 cm³/mol. The van der Waals surface area contributed by atoms with E-state index >= 15 is 0 Å². The fraction of sp³-hybridized carbons (Fsp3) is 0.158. The Labute approximate surface area is 163 Å². The van der Waals surface area contributed by atoms with Gasteiger partial charge >= 0.3 is 6.18 Å². The molecule has 1 N–H and O–H groups in total. The van der Waals surface area contributed by atoms with Crippen molar-refractivity contribution in [3.8, 4) is 0 Å². The molecule has 0 radical (unpaired) electrons. The molecule has 8 heteroatoms. The highest BCUT2D eigenvalue weighted by atomic mass is 79.9. The van der Waals surface area contributed by atoms with Crippen LogP contribution in [0.3, 0.4) is 0 Å². The third-order valence-electron chi connectivity index (χ3n) is 3.97. The van der Waals surface area contributed by atoms with Crippen LogP contribution in [0.4, 0.5) is 36.3 Å². The summed E-state index contributed by atoms with van der Waals surface area (Å²) in [5.41, 5.74) is 1.34. The van der Waals surface area contributed by atoms with Crippen molar-refractivity contribution >= 4 is 39.1 Å². The summed E-state index contributed by atoms with van der Waals surface area (Å²) in [4.78, 5) is 9.73. The molecular weight excluding hydrogens is 421 g/mol. The van der Waals surface area contributed by atoms with Crippen LogP contribution in [0.5, 0.6) is 0 Å². The van der Waals surface area contributed by atoms with Gasteiger partial charge in [0, 0.05) is 29.1 Å². The van der Waals surface area contributed by atoms with Gasteiger partial charge < -0.3 is 10.2 Å². The number of alkyl halides is 3. The van der Waals surface area contributed by atoms with Gasteiger partial charge in [-0.25, -0.2) is 4.98 Å². The minimum atomic E-state index is -4.57. The second kappa shape index (κ2) is 7.56. The van der Waals surface area contributed by atoms with Gasteiger partial charge in [-0.15, -0.1) is 0 Å². The van der Waals surface area contributed by atoms with Gasteiger partial charge in [-0.05, 0) is 42.8 Å². The largest absolute Gasteiger partial charge is 0.421 e. The minimum absolute atomic E-state index is 0.164. The molecule has 0 bridgehead atoms. The van der Waals surface area contributed by atoms with Gasteiger partial charge in [-0.2, -0.15) is 18.2 Å². The van der Waals surface area contributed by atoms with Gasteiger partial charge in [0.15, 0.2) is 0 Å². The zero-order valence-electron chi connectivity index (χ0n) is 14.5. The number of nitrogens with zero attached hydrogens (tertiary/aromatic N) is 3. The third-order valence-corrected chi connectivity index (χ3v) is 4.49. The Hall–Kier alpha value is -2.61. The van der Waals surface area contributed by atoms with Crippen LogP contribution in [0.25, 0.3) is 0 Å². The lowest BCUT2D eigenvalue weighted by atomic mass is 10.2. The van der Waals surface area contributed by atoms with Crippen LogP contribution in [0.2, 0.25) is 0 Å². The topological polar surface area (TPSA) is 41.1 Å². The van der Waals surface area contributed by atoms with Gasteiger partial charge in [-0.3, -0.25) is 0 Å². The van der Waals surface area contributed by atoms with Gasteiger partial charge in [0.1, 0.15) is 11.4 Å². The first kappa shape index (κ1) is 19.2. The van der Waals surface area contributed by atoms with Crippen molar-refractivity contribution in [3.05, 3.63) is 70.3 Å². The van der Waals surface area contributed by atoms with E-state index in [4.69, 9.17) is 0 Å². The molecule has 2 aromatic carbocycles. The molecule has 0 unspecified atom stereocenters. The number of aryl methyl sites for hydroxylation is 1. The van der Waals surface area contributed by atoms with E-state index in [0.717, 1.165) is 21.9 Å². The van der Waals surface area contributed by atoms with Crippen LogP contribution in [-0.4, -0.2) is 17.0 Å². The molecule has 1 aromatic heterocycles. The average Bonchev–Trinajstić information content (AvgIpc) is 2.62. The molecule has 0 fully saturated rings. The summed E-state index contributed by atoms with van der Waals surface area (Å²) in [6, 6.07) is 14.3. The fourth-order valence-electron chi connectivity index (χ4n) is 2.55. The maximum atomic E-state index is 13.4. The van der Waals surface area contributed by atoms with Crippen LogP contribution >= 0.6 is 15.9 Å². The van der Waals surface area contributed by atoms with Crippen LogP contribution in [0.1, 0.15) is 11.1 Å². The van der Waals surface area contributed by atoms with Gasteiger partial charge in [0.25, 0.3) is 0 Å². The molecule has 140 valence electrons. The van der Waals surface area contributed by atoms with Crippen LogP contribution < -0.4 is 10.2 Å². The number of rotatable bonds is 4. The van der Waals surface area contributed by atoms with E-state index in [9.17, 15) is 13.2 Å². The van der Waals surface area contributed by atoms with Crippen molar-refractivity contribution in [2.75, 3.05) is 17.3 Å². The maximum Gasteiger partial charge on any atom is 0.421 e. The van der Waals surface area contributed by atoms with Crippen molar-refractivity contribution in [1.29, 1.82) is 0 Å². The van der Waals surface area contributed by atoms with E-state index in [0.29, 0.717) is 5.69 Å². The average molecular weight is 437 g/mol. The third kappa shape index (κ3) is 4.39. The Morgan fingerprint density at radius 2 is 1.70 bits per heavy atom. The van der Waals surface area contributed by atoms with Gasteiger partial charge in [0.2, 0.25) is 5.95 Å². The smallest absolute Gasteiger partial charge is 0.340 e. The normalized spacial score (nSPS) is 11.3. The molecule has 27 heavy (non-hydrogen) atoms. The summed E-state index contributed by atoms with van der Waals surface area (Å²) in [6.07, 6.45) is -3.77. The summed E-state index contributed by atoms with van der Waals surface area (Å²) >= 11 is 3.30. The summed E-state index contributed by atoms with van der Waals surface area (Å²) in [5, 5.41) is 2.75. The maximum absolute atomic E-state index is 13.4. The molecular formula is C19H16BrF3N4. The first-order chi connectivity index (χ1) is 12.8. The Balaban J connectivity index is 2.02. The summed E-state index contributed by atoms with van der Waals surface area (Å²) in [5.74, 6) is -0.132. The van der Waals surface area contributed by atoms with Crippen molar-refractivity contribution in [2.45, 2.75) is 13.1 Å². The molecule has 4 nitrogen and oxygen atoms in total. The van der Waals surface area contributed by atoms with Crippen molar-refractivity contribution in [1.82, 2.24) is 9.97 Å². The van der Waals surface area contributed by atoms with E-state index in [1.807, 2.05) is 31.2 Å². The Bertz CT molecular complexity index is 942. The van der Waals surface area contributed by atoms with E-state index < -0.39 is 11.7 Å². The Morgan fingerprint density at radius 1 is 1.04 bits per heavy atom. The lowest BCUT2D eigenvalue weighted by Gasteiger charge is -2.21. The van der Waals surface area contributed by atoms with E-state index in [2.05, 4.69) is 31.2 Å². The second-order valence-electron chi connectivity index (χ2n) is 5.91. The molecule has 1 heterocycles. The standard InChI is InChI=1S/C19H16BrF3N4/c1-12-5-3-4-6-16(12)27(2)18-24-11-15(19(21,22)23)17(26-18)25-14-9-7-13(20)8-10-14/h3-11H,1-2H3,(H,24,25,26). The summed E-state index contributed by atoms with van der Waals surface area (Å²) in [7, 11) is 1.72. The molecule has 0 aliphatic rings. The highest BCUT2D eigenvalue weighted by Gasteiger charge is 2.35. The number of benzene rings is 2. The van der Waals surface area contributed by atoms with Gasteiger partial charge in [0.05, 0.1) is 0 Å². The number of hydrogen-bond acceptors (Lipinski definition) is 4. The van der Waals surface area contributed by atoms with E-state index in [1.54, 1.807) is 36.2 Å². The highest BCUT2D eigenvalue weighted by Crippen LogP contribution is 2.36. The predicted octanol–water partition coefficient (Wildman–Crippen LogP) is 6.08. The molecule has 0 spiro atoms. The molecule has 0 amide bonds. The molecule has 3 rings (SSSR count). The van der Waals surface area contributed by atoms with Gasteiger partial charge in [-0.1, -0.05) is 34.1 Å². The van der Waals surface area contributed by atoms with Crippen molar-refractivity contribution in [2.24, 2.45) is 0 Å². The summed E-state index contributed by atoms with van der Waals surface area (Å²) in [6.45, 7) is 1.91. The highest BCUT2D eigenvalue weighted by molar-refractivity contribution is 9.10. The van der Waals surface area contributed by atoms with E-state index in [1.165, 1.54) is 0 Å². The quantitative estimate of drug-likeness (QED) is 0.538. The fourth-order valence-corrected chi connectivity index (χ4v) is 2.82. The number of hydrogen-bond donors (Lipinski definition) is 1. The number of halogens is 4. The van der Waals surface area contributed by atoms with E-state index in [-0.39, 0.29) is 11.8 Å². The lowest BCUT2D eigenvalue weighted by Crippen LogP contribution is -2.18. The van der Waals surface area contributed by atoms with Crippen LogP contribution in [0, 0.1) is 6.92 Å². The number of anilines is 4. The molecule has 0 aliphatic heterocycles.